The third-order valence-corrected chi connectivity index (χ3v) is 5.10. The molecule has 1 aliphatic heterocycles. The van der Waals surface area contributed by atoms with Crippen LogP contribution in [0.2, 0.25) is 0 Å². The normalized spacial score (nSPS) is 16.1. The predicted octanol–water partition coefficient (Wildman–Crippen LogP) is 4.56. The van der Waals surface area contributed by atoms with Crippen molar-refractivity contribution in [2.45, 2.75) is 39.7 Å². The highest BCUT2D eigenvalue weighted by Crippen LogP contribution is 2.17. The summed E-state index contributed by atoms with van der Waals surface area (Å²) in [7, 11) is 0. The zero-order chi connectivity index (χ0) is 21.3. The van der Waals surface area contributed by atoms with Crippen LogP contribution in [0.15, 0.2) is 70.6 Å². The number of esters is 1. The van der Waals surface area contributed by atoms with Crippen LogP contribution in [-0.2, 0) is 9.53 Å². The molecule has 158 valence electrons. The van der Waals surface area contributed by atoms with Gasteiger partial charge in [-0.1, -0.05) is 74.5 Å². The number of nitrogens with zero attached hydrogens (tertiary/aromatic N) is 3. The lowest BCUT2D eigenvalue weighted by molar-refractivity contribution is -0.145. The van der Waals surface area contributed by atoms with Crippen molar-refractivity contribution in [2.24, 2.45) is 15.9 Å². The van der Waals surface area contributed by atoms with Crippen molar-refractivity contribution < 1.29 is 9.53 Å². The van der Waals surface area contributed by atoms with Gasteiger partial charge in [0.2, 0.25) is 0 Å². The molecule has 0 saturated carbocycles. The Bertz CT molecular complexity index is 870. The Morgan fingerprint density at radius 3 is 2.07 bits per heavy atom. The molecule has 2 aromatic rings. The van der Waals surface area contributed by atoms with Gasteiger partial charge in [0.05, 0.1) is 6.61 Å². The average Bonchev–Trinajstić information content (AvgIpc) is 3.29. The minimum Gasteiger partial charge on any atom is -0.464 e. The monoisotopic (exact) mass is 405 g/mol. The molecule has 5 nitrogen and oxygen atoms in total. The van der Waals surface area contributed by atoms with Crippen LogP contribution in [0.5, 0.6) is 0 Å². The molecule has 0 bridgehead atoms. The Balaban J connectivity index is 2.11. The van der Waals surface area contributed by atoms with Gasteiger partial charge in [0.25, 0.3) is 0 Å². The standard InChI is InChI=1S/C25H31N3O2/c1-4-30-25(29)22(19(2)3)26-23(20-13-7-5-8-14-20)27-24(28-17-11-12-18-28)21-15-9-6-10-16-21/h5-10,13-16,19,22H,4,11-12,17-18H2,1-3H3/t22-/m0/s1. The lowest BCUT2D eigenvalue weighted by atomic mass is 10.0. The van der Waals surface area contributed by atoms with Gasteiger partial charge in [-0.05, 0) is 25.7 Å². The third kappa shape index (κ3) is 5.56. The van der Waals surface area contributed by atoms with Crippen LogP contribution in [-0.4, -0.2) is 48.3 Å². The lowest BCUT2D eigenvalue weighted by Crippen LogP contribution is -2.31. The second-order valence-corrected chi connectivity index (χ2v) is 7.76. The van der Waals surface area contributed by atoms with Crippen LogP contribution in [0.25, 0.3) is 0 Å². The van der Waals surface area contributed by atoms with Crippen molar-refractivity contribution in [3.63, 3.8) is 0 Å². The second-order valence-electron chi connectivity index (χ2n) is 7.76. The smallest absolute Gasteiger partial charge is 0.331 e. The molecule has 1 aliphatic rings. The van der Waals surface area contributed by atoms with Crippen LogP contribution in [0.3, 0.4) is 0 Å². The lowest BCUT2D eigenvalue weighted by Gasteiger charge is -2.22. The summed E-state index contributed by atoms with van der Waals surface area (Å²) in [5.74, 6) is 1.17. The molecular formula is C25H31N3O2. The van der Waals surface area contributed by atoms with E-state index in [1.54, 1.807) is 0 Å². The number of benzene rings is 2. The fourth-order valence-corrected chi connectivity index (χ4v) is 3.52. The van der Waals surface area contributed by atoms with Gasteiger partial charge in [-0.25, -0.2) is 9.79 Å². The summed E-state index contributed by atoms with van der Waals surface area (Å²) >= 11 is 0. The van der Waals surface area contributed by atoms with Crippen molar-refractivity contribution >= 4 is 17.6 Å². The molecule has 0 unspecified atom stereocenters. The van der Waals surface area contributed by atoms with Crippen molar-refractivity contribution in [1.29, 1.82) is 0 Å². The zero-order valence-corrected chi connectivity index (χ0v) is 18.1. The first-order chi connectivity index (χ1) is 14.6. The molecule has 0 aromatic heterocycles. The molecular weight excluding hydrogens is 374 g/mol. The van der Waals surface area contributed by atoms with Gasteiger partial charge in [-0.2, -0.15) is 0 Å². The summed E-state index contributed by atoms with van der Waals surface area (Å²) in [6.45, 7) is 8.06. The number of hydrogen-bond acceptors (Lipinski definition) is 3. The molecule has 1 saturated heterocycles. The Labute approximate surface area is 179 Å². The number of rotatable bonds is 6. The summed E-state index contributed by atoms with van der Waals surface area (Å²) < 4.78 is 5.29. The van der Waals surface area contributed by atoms with E-state index >= 15 is 0 Å². The van der Waals surface area contributed by atoms with E-state index in [0.29, 0.717) is 12.4 Å². The molecule has 0 spiro atoms. The summed E-state index contributed by atoms with van der Waals surface area (Å²) in [5.41, 5.74) is 1.94. The van der Waals surface area contributed by atoms with E-state index in [4.69, 9.17) is 14.7 Å². The fraction of sp³-hybridized carbons (Fsp3) is 0.400. The molecule has 30 heavy (non-hydrogen) atoms. The number of hydrogen-bond donors (Lipinski definition) is 0. The van der Waals surface area contributed by atoms with Crippen molar-refractivity contribution in [3.05, 3.63) is 71.8 Å². The fourth-order valence-electron chi connectivity index (χ4n) is 3.52. The van der Waals surface area contributed by atoms with Gasteiger partial charge in [0.1, 0.15) is 5.84 Å². The van der Waals surface area contributed by atoms with Gasteiger partial charge >= 0.3 is 5.97 Å². The highest BCUT2D eigenvalue weighted by Gasteiger charge is 2.25. The average molecular weight is 406 g/mol. The quantitative estimate of drug-likeness (QED) is 0.402. The number of likely N-dealkylation sites (tertiary alicyclic amines) is 1. The van der Waals surface area contributed by atoms with Crippen molar-refractivity contribution in [1.82, 2.24) is 4.90 Å². The molecule has 0 radical (unpaired) electrons. The summed E-state index contributed by atoms with van der Waals surface area (Å²) in [6.07, 6.45) is 2.31. The molecule has 5 heteroatoms. The van der Waals surface area contributed by atoms with Gasteiger partial charge < -0.3 is 9.64 Å². The molecule has 2 aromatic carbocycles. The first-order valence-electron chi connectivity index (χ1n) is 10.8. The van der Waals surface area contributed by atoms with Crippen molar-refractivity contribution in [3.8, 4) is 0 Å². The highest BCUT2D eigenvalue weighted by atomic mass is 16.5. The van der Waals surface area contributed by atoms with Gasteiger partial charge in [0, 0.05) is 24.2 Å². The molecule has 0 amide bonds. The Kier molecular flexibility index (Phi) is 7.77. The number of carbonyl (C=O) groups excluding carboxylic acids is 1. The number of amidine groups is 2. The van der Waals surface area contributed by atoms with E-state index in [0.717, 1.165) is 42.9 Å². The topological polar surface area (TPSA) is 54.3 Å². The van der Waals surface area contributed by atoms with E-state index in [9.17, 15) is 4.79 Å². The van der Waals surface area contributed by atoms with E-state index < -0.39 is 6.04 Å². The maximum absolute atomic E-state index is 12.6. The van der Waals surface area contributed by atoms with Crippen LogP contribution >= 0.6 is 0 Å². The maximum Gasteiger partial charge on any atom is 0.331 e. The highest BCUT2D eigenvalue weighted by molar-refractivity contribution is 6.12. The molecule has 1 heterocycles. The van der Waals surface area contributed by atoms with Crippen LogP contribution in [0, 0.1) is 5.92 Å². The van der Waals surface area contributed by atoms with E-state index in [2.05, 4.69) is 17.0 Å². The number of carbonyl (C=O) groups is 1. The Morgan fingerprint density at radius 2 is 1.53 bits per heavy atom. The van der Waals surface area contributed by atoms with E-state index in [1.165, 1.54) is 0 Å². The molecule has 1 fully saturated rings. The summed E-state index contributed by atoms with van der Waals surface area (Å²) in [5, 5.41) is 0. The summed E-state index contributed by atoms with van der Waals surface area (Å²) in [6, 6.07) is 19.5. The van der Waals surface area contributed by atoms with Gasteiger partial charge in [-0.15, -0.1) is 0 Å². The number of ether oxygens (including phenoxy) is 1. The van der Waals surface area contributed by atoms with E-state index in [1.807, 2.05) is 69.3 Å². The van der Waals surface area contributed by atoms with Crippen LogP contribution < -0.4 is 0 Å². The second kappa shape index (κ2) is 10.7. The molecule has 0 N–H and O–H groups in total. The SMILES string of the molecule is CCOC(=O)[C@@H](N=C(N=C(c1ccccc1)N1CCCC1)c1ccccc1)C(C)C. The molecule has 3 rings (SSSR count). The van der Waals surface area contributed by atoms with Crippen molar-refractivity contribution in [2.75, 3.05) is 19.7 Å². The van der Waals surface area contributed by atoms with Crippen LogP contribution in [0.4, 0.5) is 0 Å². The first kappa shape index (κ1) is 21.8. The van der Waals surface area contributed by atoms with Gasteiger partial charge in [0.15, 0.2) is 11.9 Å². The minimum atomic E-state index is -0.598. The predicted molar refractivity (Wildman–Crippen MR) is 122 cm³/mol. The zero-order valence-electron chi connectivity index (χ0n) is 18.1. The molecule has 1 atom stereocenters. The van der Waals surface area contributed by atoms with E-state index in [-0.39, 0.29) is 11.9 Å². The van der Waals surface area contributed by atoms with Gasteiger partial charge in [-0.3, -0.25) is 4.99 Å². The summed E-state index contributed by atoms with van der Waals surface area (Å²) in [4.78, 5) is 24.8. The first-order valence-corrected chi connectivity index (χ1v) is 10.8. The molecule has 0 aliphatic carbocycles. The Hall–Kier alpha value is -2.95. The maximum atomic E-state index is 12.6. The minimum absolute atomic E-state index is 0.00456. The van der Waals surface area contributed by atoms with Crippen LogP contribution in [0.1, 0.15) is 44.7 Å². The largest absolute Gasteiger partial charge is 0.464 e. The number of aliphatic imine (C=N–C) groups is 2. The Morgan fingerprint density at radius 1 is 0.967 bits per heavy atom. The third-order valence-electron chi connectivity index (χ3n) is 5.10.